The van der Waals surface area contributed by atoms with Crippen molar-refractivity contribution < 1.29 is 62.5 Å². The number of aliphatic carboxylic acids is 1. The van der Waals surface area contributed by atoms with E-state index in [9.17, 15) is 22.4 Å². The van der Waals surface area contributed by atoms with Crippen LogP contribution >= 0.6 is 0 Å². The summed E-state index contributed by atoms with van der Waals surface area (Å²) in [5.74, 6) is -7.72. The van der Waals surface area contributed by atoms with Crippen LogP contribution < -0.4 is 29.6 Å². The summed E-state index contributed by atoms with van der Waals surface area (Å²) < 4.78 is 44.5. The van der Waals surface area contributed by atoms with Crippen molar-refractivity contribution in [2.45, 2.75) is 12.3 Å². The van der Waals surface area contributed by atoms with Gasteiger partial charge in [-0.3, -0.25) is 0 Å². The van der Waals surface area contributed by atoms with Crippen LogP contribution in [0, 0.1) is 0 Å². The molecule has 0 heterocycles. The minimum absolute atomic E-state index is 0. The van der Waals surface area contributed by atoms with Crippen LogP contribution in [0.1, 0.15) is 0 Å². The van der Waals surface area contributed by atoms with Crippen molar-refractivity contribution in [3.8, 4) is 0 Å². The Balaban J connectivity index is -0.000000320. The molecule has 0 aromatic carbocycles. The molecule has 0 aliphatic rings. The molecule has 0 saturated heterocycles. The van der Waals surface area contributed by atoms with Gasteiger partial charge in [0.2, 0.25) is 0 Å². The van der Waals surface area contributed by atoms with Crippen molar-refractivity contribution in [2.75, 3.05) is 0 Å². The third-order valence-corrected chi connectivity index (χ3v) is 0.559. The van der Waals surface area contributed by atoms with Gasteiger partial charge in [-0.2, -0.15) is 8.78 Å². The van der Waals surface area contributed by atoms with Crippen LogP contribution in [0.5, 0.6) is 0 Å². The Morgan fingerprint density at radius 1 is 1.36 bits per heavy atom. The van der Waals surface area contributed by atoms with E-state index >= 15 is 0 Å². The van der Waals surface area contributed by atoms with E-state index in [1.807, 2.05) is 0 Å². The molecule has 0 atom stereocenters. The summed E-state index contributed by atoms with van der Waals surface area (Å²) in [4.78, 5) is 9.23. The summed E-state index contributed by atoms with van der Waals surface area (Å²) in [6.45, 7) is 0. The molecule has 0 aromatic heterocycles. The van der Waals surface area contributed by atoms with Gasteiger partial charge in [-0.15, -0.1) is 0 Å². The van der Waals surface area contributed by atoms with Crippen molar-refractivity contribution in [3.63, 3.8) is 0 Å². The van der Waals surface area contributed by atoms with Crippen LogP contribution in [0.15, 0.2) is 0 Å². The van der Waals surface area contributed by atoms with Crippen molar-refractivity contribution in [2.24, 2.45) is 0 Å². The molecule has 0 aliphatic heterocycles. The Hall–Kier alpha value is 0.150. The van der Waals surface area contributed by atoms with Crippen LogP contribution in [0.3, 0.4) is 0 Å². The minimum Gasteiger partial charge on any atom is -0.870 e. The molecular weight excluding hydrogens is 183 g/mol. The fraction of sp³-hybridized carbons (Fsp3) is 0.667. The molecule has 0 bridgehead atoms. The van der Waals surface area contributed by atoms with Gasteiger partial charge in [0, 0.05) is 0 Å². The van der Waals surface area contributed by atoms with E-state index in [1.54, 1.807) is 0 Å². The van der Waals surface area contributed by atoms with E-state index in [-0.39, 0.29) is 35.0 Å². The number of carboxylic acids is 1. The van der Waals surface area contributed by atoms with Crippen molar-refractivity contribution in [1.82, 2.24) is 0 Å². The molecule has 3 nitrogen and oxygen atoms in total. The van der Waals surface area contributed by atoms with Crippen LogP contribution in [-0.2, 0) is 4.79 Å². The second kappa shape index (κ2) is 5.76. The van der Waals surface area contributed by atoms with Crippen LogP contribution in [0.4, 0.5) is 17.6 Å². The molecule has 0 amide bonds. The van der Waals surface area contributed by atoms with Crippen molar-refractivity contribution in [3.05, 3.63) is 0 Å². The van der Waals surface area contributed by atoms with E-state index in [0.717, 1.165) is 0 Å². The van der Waals surface area contributed by atoms with Gasteiger partial charge in [0.1, 0.15) is 0 Å². The topological polar surface area (TPSA) is 67.3 Å². The zero-order chi connectivity index (χ0) is 7.65. The Morgan fingerprint density at radius 3 is 1.64 bits per heavy atom. The maximum atomic E-state index is 11.3. The van der Waals surface area contributed by atoms with Gasteiger partial charge in [-0.1, -0.05) is 0 Å². The van der Waals surface area contributed by atoms with Gasteiger partial charge in [0.15, 0.2) is 0 Å². The van der Waals surface area contributed by atoms with Gasteiger partial charge >= 0.3 is 47.9 Å². The number of rotatable bonds is 2. The summed E-state index contributed by atoms with van der Waals surface area (Å²) in [5, 5.41) is 7.38. The first-order chi connectivity index (χ1) is 3.89. The number of hydrogen-bond acceptors (Lipinski definition) is 2. The van der Waals surface area contributed by atoms with Gasteiger partial charge in [0.25, 0.3) is 0 Å². The summed E-state index contributed by atoms with van der Waals surface area (Å²) in [6, 6.07) is 0. The second-order valence-electron chi connectivity index (χ2n) is 1.23. The smallest absolute Gasteiger partial charge is 0.870 e. The van der Waals surface area contributed by atoms with E-state index in [4.69, 9.17) is 5.11 Å². The predicted molar refractivity (Wildman–Crippen MR) is 20.5 cm³/mol. The average molecular weight is 186 g/mol. The first-order valence-corrected chi connectivity index (χ1v) is 1.78. The average Bonchev–Trinajstić information content (AvgIpc) is 1.65. The molecule has 0 radical (unpaired) electrons. The number of hydrogen-bond donors (Lipinski definition) is 1. The second-order valence-corrected chi connectivity index (χ2v) is 1.23. The normalized spacial score (nSPS) is 9.91. The van der Waals surface area contributed by atoms with Gasteiger partial charge in [-0.05, 0) is 0 Å². The monoisotopic (exact) mass is 186 g/mol. The zero-order valence-corrected chi connectivity index (χ0v) is 7.39. The molecule has 0 rings (SSSR count). The van der Waals surface area contributed by atoms with Gasteiger partial charge in [0.05, 0.1) is 0 Å². The van der Waals surface area contributed by atoms with Crippen LogP contribution in [-0.4, -0.2) is 28.9 Å². The number of halogens is 4. The molecule has 2 N–H and O–H groups in total. The van der Waals surface area contributed by atoms with Crippen molar-refractivity contribution in [1.29, 1.82) is 0 Å². The van der Waals surface area contributed by atoms with Gasteiger partial charge in [-0.25, -0.2) is 13.6 Å². The molecule has 0 aliphatic carbocycles. The molecule has 0 aromatic rings. The Bertz CT molecular complexity index is 128. The Labute approximate surface area is 81.0 Å². The van der Waals surface area contributed by atoms with Crippen molar-refractivity contribution >= 4 is 5.97 Å². The molecule has 0 saturated carbocycles. The molecular formula is C3H3F4NaO3. The molecule has 11 heavy (non-hydrogen) atoms. The molecule has 0 unspecified atom stereocenters. The molecule has 62 valence electrons. The maximum absolute atomic E-state index is 11.3. The number of carbonyl (C=O) groups is 1. The SMILES string of the molecule is O=C(O)C(F)(F)C(F)F.[Na+].[OH-]. The van der Waals surface area contributed by atoms with Gasteiger partial charge < -0.3 is 10.6 Å². The van der Waals surface area contributed by atoms with E-state index in [2.05, 4.69) is 0 Å². The van der Waals surface area contributed by atoms with E-state index in [0.29, 0.717) is 0 Å². The van der Waals surface area contributed by atoms with Crippen LogP contribution in [0.2, 0.25) is 0 Å². The Morgan fingerprint density at radius 2 is 1.64 bits per heavy atom. The molecule has 8 heteroatoms. The maximum Gasteiger partial charge on any atom is 1.00 e. The summed E-state index contributed by atoms with van der Waals surface area (Å²) >= 11 is 0. The third kappa shape index (κ3) is 4.57. The molecule has 0 spiro atoms. The third-order valence-electron chi connectivity index (χ3n) is 0.559. The summed E-state index contributed by atoms with van der Waals surface area (Å²) in [5.41, 5.74) is 0. The van der Waals surface area contributed by atoms with Crippen LogP contribution in [0.25, 0.3) is 0 Å². The zero-order valence-electron chi connectivity index (χ0n) is 5.39. The fourth-order valence-electron chi connectivity index (χ4n) is 0.0933. The van der Waals surface area contributed by atoms with E-state index in [1.165, 1.54) is 0 Å². The fourth-order valence-corrected chi connectivity index (χ4v) is 0.0933. The largest absolute Gasteiger partial charge is 1.00 e. The first kappa shape index (κ1) is 17.3. The minimum atomic E-state index is -4.92. The summed E-state index contributed by atoms with van der Waals surface area (Å²) in [7, 11) is 0. The number of alkyl halides is 4. The molecule has 0 fully saturated rings. The first-order valence-electron chi connectivity index (χ1n) is 1.78. The predicted octanol–water partition coefficient (Wildman–Crippen LogP) is -2.20. The van der Waals surface area contributed by atoms with E-state index < -0.39 is 18.3 Å². The standard InChI is InChI=1S/C3H2F4O2.Na.H2O/c4-1(5)3(6,7)2(8)9;;/h1H,(H,8,9);;1H2/q;+1;/p-1. The quantitative estimate of drug-likeness (QED) is 0.393. The summed E-state index contributed by atoms with van der Waals surface area (Å²) in [6.07, 6.45) is -4.14. The number of carboxylic acid groups (broad SMARTS) is 1. The Kier molecular flexibility index (Phi) is 9.05.